The van der Waals surface area contributed by atoms with E-state index in [1.165, 1.54) is 0 Å². The van der Waals surface area contributed by atoms with E-state index in [4.69, 9.17) is 9.73 Å². The predicted molar refractivity (Wildman–Crippen MR) is 127 cm³/mol. The number of morpholine rings is 1. The molecule has 0 radical (unpaired) electrons. The third-order valence-electron chi connectivity index (χ3n) is 7.67. The summed E-state index contributed by atoms with van der Waals surface area (Å²) in [5.74, 6) is 0.956. The zero-order valence-electron chi connectivity index (χ0n) is 20.1. The monoisotopic (exact) mass is 455 g/mol. The van der Waals surface area contributed by atoms with Crippen LogP contribution in [0.5, 0.6) is 0 Å². The fourth-order valence-electron chi connectivity index (χ4n) is 5.70. The molecule has 1 N–H and O–H groups in total. The van der Waals surface area contributed by atoms with Crippen molar-refractivity contribution in [3.63, 3.8) is 0 Å². The zero-order chi connectivity index (χ0) is 23.6. The van der Waals surface area contributed by atoms with Crippen LogP contribution in [0.15, 0.2) is 29.3 Å². The molecule has 1 aromatic carbocycles. The number of amidine groups is 1. The van der Waals surface area contributed by atoms with Gasteiger partial charge in [-0.15, -0.1) is 0 Å². The second-order valence-corrected chi connectivity index (χ2v) is 10.0. The highest BCUT2D eigenvalue weighted by Crippen LogP contribution is 2.47. The van der Waals surface area contributed by atoms with Gasteiger partial charge in [0.15, 0.2) is 5.84 Å². The summed E-state index contributed by atoms with van der Waals surface area (Å²) in [6, 6.07) is 6.91. The number of ether oxygens (including phenoxy) is 1. The molecule has 2 aliphatic heterocycles. The van der Waals surface area contributed by atoms with Gasteiger partial charge < -0.3 is 19.6 Å². The Labute approximate surface area is 196 Å². The van der Waals surface area contributed by atoms with E-state index in [9.17, 15) is 14.7 Å². The van der Waals surface area contributed by atoms with Crippen molar-refractivity contribution >= 4 is 17.7 Å². The molecule has 7 heteroatoms. The molecule has 1 saturated heterocycles. The highest BCUT2D eigenvalue weighted by molar-refractivity contribution is 6.39. The Hall–Kier alpha value is -2.41. The molecule has 1 atom stereocenters. The quantitative estimate of drug-likeness (QED) is 0.690. The Balaban J connectivity index is 1.70. The third-order valence-corrected chi connectivity index (χ3v) is 7.67. The molecule has 0 unspecified atom stereocenters. The summed E-state index contributed by atoms with van der Waals surface area (Å²) in [6.07, 6.45) is 5.63. The number of benzene rings is 1. The van der Waals surface area contributed by atoms with Crippen molar-refractivity contribution in [1.29, 1.82) is 0 Å². The summed E-state index contributed by atoms with van der Waals surface area (Å²) in [5.41, 5.74) is 0.736. The van der Waals surface area contributed by atoms with Gasteiger partial charge in [-0.3, -0.25) is 4.79 Å². The normalized spacial score (nSPS) is 26.7. The van der Waals surface area contributed by atoms with Gasteiger partial charge in [-0.1, -0.05) is 39.3 Å². The number of carboxylic acid groups (broad SMARTS) is 1. The Morgan fingerprint density at radius 3 is 2.36 bits per heavy atom. The zero-order valence-corrected chi connectivity index (χ0v) is 20.1. The Morgan fingerprint density at radius 1 is 1.18 bits per heavy atom. The van der Waals surface area contributed by atoms with Gasteiger partial charge in [0.25, 0.3) is 5.91 Å². The van der Waals surface area contributed by atoms with Gasteiger partial charge in [-0.2, -0.15) is 0 Å². The smallest absolute Gasteiger partial charge is 0.335 e. The topological polar surface area (TPSA) is 82.4 Å². The van der Waals surface area contributed by atoms with Crippen LogP contribution in [0.25, 0.3) is 0 Å². The minimum Gasteiger partial charge on any atom is -0.478 e. The molecule has 3 aliphatic rings. The average molecular weight is 456 g/mol. The summed E-state index contributed by atoms with van der Waals surface area (Å²) in [6.45, 7) is 9.31. The number of rotatable bonds is 6. The first kappa shape index (κ1) is 23.7. The molecular formula is C26H37N3O4. The number of hydrogen-bond acceptors (Lipinski definition) is 5. The highest BCUT2D eigenvalue weighted by Gasteiger charge is 2.52. The predicted octanol–water partition coefficient (Wildman–Crippen LogP) is 4.34. The van der Waals surface area contributed by atoms with E-state index >= 15 is 0 Å². The van der Waals surface area contributed by atoms with Crippen molar-refractivity contribution in [2.75, 3.05) is 26.3 Å². The average Bonchev–Trinajstić information content (AvgIpc) is 3.10. The van der Waals surface area contributed by atoms with Gasteiger partial charge in [-0.25, -0.2) is 9.79 Å². The number of carbonyl (C=O) groups is 2. The van der Waals surface area contributed by atoms with E-state index in [2.05, 4.69) is 30.6 Å². The van der Waals surface area contributed by atoms with Crippen LogP contribution in [-0.2, 0) is 9.53 Å². The molecule has 33 heavy (non-hydrogen) atoms. The molecule has 1 amide bonds. The van der Waals surface area contributed by atoms with Crippen molar-refractivity contribution in [2.24, 2.45) is 16.8 Å². The van der Waals surface area contributed by atoms with Crippen molar-refractivity contribution < 1.29 is 19.4 Å². The van der Waals surface area contributed by atoms with E-state index in [0.717, 1.165) is 44.1 Å². The largest absolute Gasteiger partial charge is 0.478 e. The van der Waals surface area contributed by atoms with Crippen LogP contribution in [-0.4, -0.2) is 64.6 Å². The molecule has 1 saturated carbocycles. The van der Waals surface area contributed by atoms with Gasteiger partial charge >= 0.3 is 5.97 Å². The van der Waals surface area contributed by atoms with E-state index in [1.54, 1.807) is 12.1 Å². The van der Waals surface area contributed by atoms with Crippen molar-refractivity contribution in [3.05, 3.63) is 35.4 Å². The Kier molecular flexibility index (Phi) is 7.07. The lowest BCUT2D eigenvalue weighted by atomic mass is 9.76. The molecule has 2 fully saturated rings. The fourth-order valence-corrected chi connectivity index (χ4v) is 5.70. The number of carboxylic acids is 1. The first-order chi connectivity index (χ1) is 15.9. The SMILES string of the molecule is CCC[C@H](c1ccc(C(=O)O)cc1)N1C(=O)C(N2CCOCC2)=NC12CCC(C(C)C)CC2. The van der Waals surface area contributed by atoms with Crippen LogP contribution in [0.4, 0.5) is 0 Å². The van der Waals surface area contributed by atoms with Crippen LogP contribution in [0.2, 0.25) is 0 Å². The maximum Gasteiger partial charge on any atom is 0.335 e. The van der Waals surface area contributed by atoms with Gasteiger partial charge in [0.05, 0.1) is 24.8 Å². The molecule has 1 aromatic rings. The van der Waals surface area contributed by atoms with E-state index < -0.39 is 11.6 Å². The van der Waals surface area contributed by atoms with Crippen molar-refractivity contribution in [1.82, 2.24) is 9.80 Å². The maximum absolute atomic E-state index is 14.0. The molecule has 1 spiro atoms. The summed E-state index contributed by atoms with van der Waals surface area (Å²) in [7, 11) is 0. The number of amides is 1. The molecule has 0 aromatic heterocycles. The molecule has 0 bridgehead atoms. The Bertz CT molecular complexity index is 881. The second kappa shape index (κ2) is 9.84. The lowest BCUT2D eigenvalue weighted by molar-refractivity contribution is -0.134. The first-order valence-electron chi connectivity index (χ1n) is 12.5. The highest BCUT2D eigenvalue weighted by atomic mass is 16.5. The number of aliphatic imine (C=N–C) groups is 1. The van der Waals surface area contributed by atoms with Crippen molar-refractivity contribution in [3.8, 4) is 0 Å². The van der Waals surface area contributed by atoms with Crippen LogP contribution < -0.4 is 0 Å². The Morgan fingerprint density at radius 2 is 1.82 bits per heavy atom. The van der Waals surface area contributed by atoms with Crippen LogP contribution >= 0.6 is 0 Å². The van der Waals surface area contributed by atoms with E-state index in [1.807, 2.05) is 12.1 Å². The summed E-state index contributed by atoms with van der Waals surface area (Å²) in [5, 5.41) is 9.32. The minimum absolute atomic E-state index is 0.0145. The molecule has 7 nitrogen and oxygen atoms in total. The summed E-state index contributed by atoms with van der Waals surface area (Å²) >= 11 is 0. The fraction of sp³-hybridized carbons (Fsp3) is 0.654. The van der Waals surface area contributed by atoms with Crippen LogP contribution in [0, 0.1) is 11.8 Å². The molecule has 2 heterocycles. The van der Waals surface area contributed by atoms with Crippen LogP contribution in [0.3, 0.4) is 0 Å². The van der Waals surface area contributed by atoms with Gasteiger partial charge in [0.2, 0.25) is 0 Å². The minimum atomic E-state index is -0.938. The lowest BCUT2D eigenvalue weighted by Gasteiger charge is -2.46. The standard InChI is InChI=1S/C26H37N3O4/c1-4-5-22(20-6-8-21(9-7-20)25(31)32)29-24(30)23(28-14-16-33-17-15-28)27-26(29)12-10-19(11-13-26)18(2)3/h6-9,18-19,22H,4-5,10-17H2,1-3H3,(H,31,32)/t19?,22-,26?/m1/s1. The number of hydrogen-bond donors (Lipinski definition) is 1. The summed E-state index contributed by atoms with van der Waals surface area (Å²) in [4.78, 5) is 34.7. The number of carbonyl (C=O) groups excluding carboxylic acids is 1. The maximum atomic E-state index is 14.0. The lowest BCUT2D eigenvalue weighted by Crippen LogP contribution is -2.52. The van der Waals surface area contributed by atoms with E-state index in [-0.39, 0.29) is 17.5 Å². The van der Waals surface area contributed by atoms with Crippen molar-refractivity contribution in [2.45, 2.75) is 71.0 Å². The van der Waals surface area contributed by atoms with Crippen LogP contribution in [0.1, 0.15) is 81.3 Å². The molecule has 1 aliphatic carbocycles. The van der Waals surface area contributed by atoms with Gasteiger partial charge in [0.1, 0.15) is 5.66 Å². The number of nitrogens with zero attached hydrogens (tertiary/aromatic N) is 3. The molecule has 4 rings (SSSR count). The summed E-state index contributed by atoms with van der Waals surface area (Å²) < 4.78 is 5.52. The molecular weight excluding hydrogens is 418 g/mol. The van der Waals surface area contributed by atoms with E-state index in [0.29, 0.717) is 44.0 Å². The van der Waals surface area contributed by atoms with Gasteiger partial charge in [-0.05, 0) is 61.6 Å². The molecule has 180 valence electrons. The first-order valence-corrected chi connectivity index (χ1v) is 12.5. The number of aromatic carboxylic acids is 1. The van der Waals surface area contributed by atoms with Gasteiger partial charge in [0, 0.05) is 13.1 Å². The second-order valence-electron chi connectivity index (χ2n) is 10.0. The third kappa shape index (κ3) is 4.65.